The number of hydrogen-bond acceptors (Lipinski definition) is 5. The van der Waals surface area contributed by atoms with Crippen LogP contribution in [-0.2, 0) is 22.7 Å². The summed E-state index contributed by atoms with van der Waals surface area (Å²) in [6.45, 7) is 4.56. The summed E-state index contributed by atoms with van der Waals surface area (Å²) in [6.07, 6.45) is 1.92. The number of fused-ring (bicyclic) bond motifs is 2. The molecule has 27 heavy (non-hydrogen) atoms. The van der Waals surface area contributed by atoms with E-state index in [2.05, 4.69) is 21.6 Å². The summed E-state index contributed by atoms with van der Waals surface area (Å²) in [4.78, 5) is 40.8. The van der Waals surface area contributed by atoms with Crippen molar-refractivity contribution in [3.63, 3.8) is 0 Å². The third kappa shape index (κ3) is 2.76. The number of likely N-dealkylation sites (tertiary alicyclic amines) is 1. The van der Waals surface area contributed by atoms with Crippen LogP contribution in [0.15, 0.2) is 18.2 Å². The molecule has 0 spiro atoms. The minimum absolute atomic E-state index is 0.0943. The third-order valence-corrected chi connectivity index (χ3v) is 6.61. The van der Waals surface area contributed by atoms with Gasteiger partial charge in [-0.2, -0.15) is 0 Å². The van der Waals surface area contributed by atoms with Gasteiger partial charge in [0.2, 0.25) is 11.8 Å². The van der Waals surface area contributed by atoms with Crippen LogP contribution in [0.4, 0.5) is 0 Å². The maximum Gasteiger partial charge on any atom is 0.255 e. The Bertz CT molecular complexity index is 823. The molecule has 3 saturated heterocycles. The number of piperidine rings is 1. The number of rotatable bonds is 3. The van der Waals surface area contributed by atoms with E-state index >= 15 is 0 Å². The molecule has 7 heteroatoms. The molecule has 3 amide bonds. The second kappa shape index (κ2) is 6.42. The Labute approximate surface area is 158 Å². The molecular formula is C20H24N4O3. The molecule has 0 radical (unpaired) electrons. The lowest BCUT2D eigenvalue weighted by molar-refractivity contribution is -0.136. The van der Waals surface area contributed by atoms with Gasteiger partial charge in [-0.25, -0.2) is 0 Å². The Kier molecular flexibility index (Phi) is 4.02. The van der Waals surface area contributed by atoms with Crippen molar-refractivity contribution in [2.24, 2.45) is 5.92 Å². The first-order valence-electron chi connectivity index (χ1n) is 9.82. The van der Waals surface area contributed by atoms with E-state index in [9.17, 15) is 14.4 Å². The molecule has 1 aromatic carbocycles. The van der Waals surface area contributed by atoms with Gasteiger partial charge >= 0.3 is 0 Å². The molecule has 5 rings (SSSR count). The van der Waals surface area contributed by atoms with Crippen LogP contribution in [0.3, 0.4) is 0 Å². The van der Waals surface area contributed by atoms with Gasteiger partial charge in [0.05, 0.1) is 0 Å². The lowest BCUT2D eigenvalue weighted by atomic mass is 10.0. The number of carbonyl (C=O) groups is 3. The van der Waals surface area contributed by atoms with Crippen LogP contribution in [0.1, 0.15) is 40.7 Å². The zero-order chi connectivity index (χ0) is 18.5. The van der Waals surface area contributed by atoms with E-state index in [0.717, 1.165) is 37.7 Å². The van der Waals surface area contributed by atoms with Crippen molar-refractivity contribution >= 4 is 17.7 Å². The number of nitrogens with one attached hydrogen (secondary N) is 2. The number of benzene rings is 1. The minimum atomic E-state index is -0.550. The molecule has 1 unspecified atom stereocenters. The van der Waals surface area contributed by atoms with E-state index in [1.807, 2.05) is 12.1 Å². The maximum atomic E-state index is 12.9. The Balaban J connectivity index is 1.38. The van der Waals surface area contributed by atoms with Crippen LogP contribution in [0.25, 0.3) is 0 Å². The van der Waals surface area contributed by atoms with Gasteiger partial charge in [0.1, 0.15) is 6.04 Å². The average molecular weight is 368 g/mol. The van der Waals surface area contributed by atoms with Crippen LogP contribution in [0, 0.1) is 5.92 Å². The standard InChI is InChI=1S/C20H24N4O3/c25-18-5-4-16(19(26)22-18)24-11-15-13(2-1-3-14(15)20(24)27)10-23-7-6-12-8-21-9-17(12)23/h1-3,12,16-17,21H,4-11H2,(H,22,25,26)/t12-,16?,17+/m0/s1. The topological polar surface area (TPSA) is 81.8 Å². The van der Waals surface area contributed by atoms with Gasteiger partial charge in [-0.05, 0) is 49.0 Å². The molecule has 2 N–H and O–H groups in total. The van der Waals surface area contributed by atoms with E-state index in [0.29, 0.717) is 24.6 Å². The van der Waals surface area contributed by atoms with Crippen molar-refractivity contribution in [2.45, 2.75) is 44.4 Å². The fourth-order valence-electron chi connectivity index (χ4n) is 5.15. The third-order valence-electron chi connectivity index (χ3n) is 6.61. The second-order valence-electron chi connectivity index (χ2n) is 8.09. The highest BCUT2D eigenvalue weighted by molar-refractivity contribution is 6.05. The smallest absolute Gasteiger partial charge is 0.255 e. The number of nitrogens with zero attached hydrogens (tertiary/aromatic N) is 2. The average Bonchev–Trinajstić information content (AvgIpc) is 3.33. The van der Waals surface area contributed by atoms with Gasteiger partial charge in [-0.15, -0.1) is 0 Å². The number of carbonyl (C=O) groups excluding carboxylic acids is 3. The van der Waals surface area contributed by atoms with Gasteiger partial charge < -0.3 is 10.2 Å². The first-order valence-corrected chi connectivity index (χ1v) is 9.82. The molecule has 7 nitrogen and oxygen atoms in total. The summed E-state index contributed by atoms with van der Waals surface area (Å²) in [5.74, 6) is 0.0368. The SMILES string of the molecule is O=C1CCC(N2Cc3c(CN4CC[C@H]5CNC[C@H]54)cccc3C2=O)C(=O)N1. The molecule has 0 bridgehead atoms. The molecular weight excluding hydrogens is 344 g/mol. The Hall–Kier alpha value is -2.25. The molecule has 3 fully saturated rings. The zero-order valence-corrected chi connectivity index (χ0v) is 15.2. The first-order chi connectivity index (χ1) is 13.1. The molecule has 0 aromatic heterocycles. The number of hydrogen-bond donors (Lipinski definition) is 2. The van der Waals surface area contributed by atoms with E-state index in [-0.39, 0.29) is 24.1 Å². The number of amides is 3. The van der Waals surface area contributed by atoms with E-state index in [1.165, 1.54) is 12.0 Å². The Morgan fingerprint density at radius 3 is 2.85 bits per heavy atom. The monoisotopic (exact) mass is 368 g/mol. The fraction of sp³-hybridized carbons (Fsp3) is 0.550. The molecule has 0 saturated carbocycles. The highest BCUT2D eigenvalue weighted by Crippen LogP contribution is 2.33. The molecule has 1 aromatic rings. The zero-order valence-electron chi connectivity index (χ0n) is 15.2. The summed E-state index contributed by atoms with van der Waals surface area (Å²) in [5, 5.41) is 5.85. The molecule has 3 atom stereocenters. The van der Waals surface area contributed by atoms with Crippen molar-refractivity contribution in [1.29, 1.82) is 0 Å². The highest BCUT2D eigenvalue weighted by atomic mass is 16.2. The second-order valence-corrected chi connectivity index (χ2v) is 8.09. The summed E-state index contributed by atoms with van der Waals surface area (Å²) in [6, 6.07) is 5.95. The molecule has 4 heterocycles. The Morgan fingerprint density at radius 1 is 1.11 bits per heavy atom. The summed E-state index contributed by atoms with van der Waals surface area (Å²) < 4.78 is 0. The Morgan fingerprint density at radius 2 is 2.00 bits per heavy atom. The molecule has 4 aliphatic rings. The normalized spacial score (nSPS) is 30.6. The van der Waals surface area contributed by atoms with Crippen molar-refractivity contribution < 1.29 is 14.4 Å². The fourth-order valence-corrected chi connectivity index (χ4v) is 5.15. The van der Waals surface area contributed by atoms with Gasteiger partial charge in [-0.1, -0.05) is 12.1 Å². The minimum Gasteiger partial charge on any atom is -0.322 e. The number of imide groups is 1. The van der Waals surface area contributed by atoms with Crippen LogP contribution < -0.4 is 10.6 Å². The molecule has 0 aliphatic carbocycles. The van der Waals surface area contributed by atoms with E-state index in [1.54, 1.807) is 4.90 Å². The van der Waals surface area contributed by atoms with E-state index < -0.39 is 6.04 Å². The maximum absolute atomic E-state index is 12.9. The van der Waals surface area contributed by atoms with Crippen molar-refractivity contribution in [1.82, 2.24) is 20.4 Å². The van der Waals surface area contributed by atoms with Crippen molar-refractivity contribution in [3.05, 3.63) is 34.9 Å². The van der Waals surface area contributed by atoms with Gasteiger partial charge in [-0.3, -0.25) is 24.6 Å². The predicted molar refractivity (Wildman–Crippen MR) is 97.7 cm³/mol. The van der Waals surface area contributed by atoms with Crippen molar-refractivity contribution in [2.75, 3.05) is 19.6 Å². The first kappa shape index (κ1) is 16.9. The summed E-state index contributed by atoms with van der Waals surface area (Å²) in [5.41, 5.74) is 2.93. The van der Waals surface area contributed by atoms with E-state index in [4.69, 9.17) is 0 Å². The lowest BCUT2D eigenvalue weighted by Crippen LogP contribution is -2.52. The summed E-state index contributed by atoms with van der Waals surface area (Å²) >= 11 is 0. The summed E-state index contributed by atoms with van der Waals surface area (Å²) in [7, 11) is 0. The largest absolute Gasteiger partial charge is 0.322 e. The van der Waals surface area contributed by atoms with Gasteiger partial charge in [0, 0.05) is 37.7 Å². The van der Waals surface area contributed by atoms with Crippen LogP contribution in [-0.4, -0.2) is 59.2 Å². The predicted octanol–water partition coefficient (Wildman–Crippen LogP) is 0.241. The van der Waals surface area contributed by atoms with Crippen LogP contribution in [0.5, 0.6) is 0 Å². The van der Waals surface area contributed by atoms with Gasteiger partial charge in [0.15, 0.2) is 0 Å². The van der Waals surface area contributed by atoms with Crippen LogP contribution >= 0.6 is 0 Å². The molecule has 142 valence electrons. The van der Waals surface area contributed by atoms with Crippen LogP contribution in [0.2, 0.25) is 0 Å². The quantitative estimate of drug-likeness (QED) is 0.747. The van der Waals surface area contributed by atoms with Crippen molar-refractivity contribution in [3.8, 4) is 0 Å². The molecule has 4 aliphatic heterocycles. The highest BCUT2D eigenvalue weighted by Gasteiger charge is 2.41. The lowest BCUT2D eigenvalue weighted by Gasteiger charge is -2.29. The van der Waals surface area contributed by atoms with Gasteiger partial charge in [0.25, 0.3) is 5.91 Å².